The van der Waals surface area contributed by atoms with E-state index in [1.807, 2.05) is 42.3 Å². The molecule has 3 heterocycles. The van der Waals surface area contributed by atoms with Crippen LogP contribution in [-0.4, -0.2) is 16.6 Å². The summed E-state index contributed by atoms with van der Waals surface area (Å²) >= 11 is 6.33. The maximum Gasteiger partial charge on any atom is 0.306 e. The van der Waals surface area contributed by atoms with Crippen molar-refractivity contribution in [3.63, 3.8) is 0 Å². The van der Waals surface area contributed by atoms with Crippen molar-refractivity contribution < 1.29 is 9.53 Å². The standard InChI is InChI=1S/C25H20ClN3O2/c1-14-3-6-16(7-4-14)21-13-22-18-12-17(26)8-10-23(18)31-25(29(22)28-21)19-11-15(2)5-9-20(19)27-24(25)30/h3-12,22H,13H2,1-2H3,(H,27,30). The second-order valence-electron chi connectivity index (χ2n) is 8.41. The molecule has 31 heavy (non-hydrogen) atoms. The topological polar surface area (TPSA) is 53.9 Å². The minimum absolute atomic E-state index is 0.157. The highest BCUT2D eigenvalue weighted by Gasteiger charge is 2.60. The molecule has 1 N–H and O–H groups in total. The summed E-state index contributed by atoms with van der Waals surface area (Å²) in [5, 5.41) is 10.4. The molecule has 1 spiro atoms. The van der Waals surface area contributed by atoms with E-state index < -0.39 is 5.72 Å². The van der Waals surface area contributed by atoms with Gasteiger partial charge in [-0.3, -0.25) is 4.79 Å². The molecule has 3 aromatic rings. The Morgan fingerprint density at radius 3 is 2.65 bits per heavy atom. The summed E-state index contributed by atoms with van der Waals surface area (Å²) in [6, 6.07) is 19.6. The Kier molecular flexibility index (Phi) is 3.78. The molecule has 0 saturated heterocycles. The highest BCUT2D eigenvalue weighted by molar-refractivity contribution is 6.30. The van der Waals surface area contributed by atoms with Gasteiger partial charge in [-0.15, -0.1) is 0 Å². The fraction of sp³-hybridized carbons (Fsp3) is 0.200. The van der Waals surface area contributed by atoms with Gasteiger partial charge in [0.1, 0.15) is 5.75 Å². The molecule has 1 amide bonds. The van der Waals surface area contributed by atoms with Gasteiger partial charge in [0.25, 0.3) is 5.91 Å². The molecule has 3 aromatic carbocycles. The van der Waals surface area contributed by atoms with Crippen molar-refractivity contribution in [2.24, 2.45) is 5.10 Å². The number of ether oxygens (including phenoxy) is 1. The van der Waals surface area contributed by atoms with Gasteiger partial charge in [-0.2, -0.15) is 5.10 Å². The maximum absolute atomic E-state index is 13.5. The van der Waals surface area contributed by atoms with Gasteiger partial charge in [0.15, 0.2) is 0 Å². The largest absolute Gasteiger partial charge is 0.453 e. The Morgan fingerprint density at radius 2 is 1.84 bits per heavy atom. The molecule has 6 heteroatoms. The van der Waals surface area contributed by atoms with Crippen LogP contribution in [0.5, 0.6) is 5.75 Å². The quantitative estimate of drug-likeness (QED) is 0.570. The van der Waals surface area contributed by atoms with Gasteiger partial charge in [0.05, 0.1) is 23.0 Å². The van der Waals surface area contributed by atoms with Gasteiger partial charge in [-0.25, -0.2) is 5.01 Å². The van der Waals surface area contributed by atoms with Crippen LogP contribution < -0.4 is 10.1 Å². The summed E-state index contributed by atoms with van der Waals surface area (Å²) in [5.74, 6) is 0.433. The molecule has 5 nitrogen and oxygen atoms in total. The molecule has 3 aliphatic heterocycles. The second kappa shape index (κ2) is 6.34. The van der Waals surface area contributed by atoms with Crippen LogP contribution >= 0.6 is 11.6 Å². The molecule has 0 fully saturated rings. The number of carbonyl (C=O) groups is 1. The number of hydrogen-bond donors (Lipinski definition) is 1. The number of nitrogens with zero attached hydrogens (tertiary/aromatic N) is 2. The Labute approximate surface area is 185 Å². The summed E-state index contributed by atoms with van der Waals surface area (Å²) in [6.45, 7) is 4.07. The highest BCUT2D eigenvalue weighted by atomic mass is 35.5. The third-order valence-corrected chi connectivity index (χ3v) is 6.54. The minimum Gasteiger partial charge on any atom is -0.453 e. The first kappa shape index (κ1) is 18.5. The zero-order chi connectivity index (χ0) is 21.3. The number of nitrogens with one attached hydrogen (secondary N) is 1. The average molecular weight is 430 g/mol. The molecule has 2 unspecified atom stereocenters. The number of rotatable bonds is 1. The number of hydrogen-bond acceptors (Lipinski definition) is 4. The predicted octanol–water partition coefficient (Wildman–Crippen LogP) is 5.31. The van der Waals surface area contributed by atoms with Gasteiger partial charge in [0, 0.05) is 17.0 Å². The molecule has 0 saturated carbocycles. The Hall–Kier alpha value is -3.31. The minimum atomic E-state index is -1.35. The van der Waals surface area contributed by atoms with Gasteiger partial charge < -0.3 is 10.1 Å². The first-order valence-electron chi connectivity index (χ1n) is 10.3. The number of halogens is 1. The van der Waals surface area contributed by atoms with E-state index in [9.17, 15) is 4.79 Å². The van der Waals surface area contributed by atoms with Crippen LogP contribution in [0.3, 0.4) is 0 Å². The summed E-state index contributed by atoms with van der Waals surface area (Å²) < 4.78 is 6.49. The molecular weight excluding hydrogens is 410 g/mol. The van der Waals surface area contributed by atoms with E-state index >= 15 is 0 Å². The van der Waals surface area contributed by atoms with E-state index in [4.69, 9.17) is 21.4 Å². The van der Waals surface area contributed by atoms with Gasteiger partial charge >= 0.3 is 5.72 Å². The van der Waals surface area contributed by atoms with Crippen molar-refractivity contribution in [3.05, 3.63) is 93.5 Å². The lowest BCUT2D eigenvalue weighted by molar-refractivity contribution is -0.161. The number of hydrazone groups is 1. The van der Waals surface area contributed by atoms with E-state index in [-0.39, 0.29) is 11.9 Å². The molecule has 0 radical (unpaired) electrons. The van der Waals surface area contributed by atoms with Crippen LogP contribution in [0.4, 0.5) is 5.69 Å². The number of aryl methyl sites for hydroxylation is 2. The summed E-state index contributed by atoms with van der Waals surface area (Å²) in [4.78, 5) is 13.5. The first-order valence-corrected chi connectivity index (χ1v) is 10.7. The monoisotopic (exact) mass is 429 g/mol. The van der Waals surface area contributed by atoms with Crippen LogP contribution in [0.25, 0.3) is 0 Å². The lowest BCUT2D eigenvalue weighted by Gasteiger charge is -2.44. The summed E-state index contributed by atoms with van der Waals surface area (Å²) in [7, 11) is 0. The van der Waals surface area contributed by atoms with Crippen molar-refractivity contribution in [1.29, 1.82) is 0 Å². The van der Waals surface area contributed by atoms with E-state index in [2.05, 4.69) is 36.5 Å². The molecule has 0 aromatic heterocycles. The van der Waals surface area contributed by atoms with Crippen LogP contribution in [0, 0.1) is 13.8 Å². The normalized spacial score (nSPS) is 23.1. The Bertz CT molecular complexity index is 1280. The SMILES string of the molecule is Cc1ccc(C2=NN3C(C2)c2cc(Cl)ccc2OC32C(=O)Nc3ccc(C)cc32)cc1. The van der Waals surface area contributed by atoms with Crippen molar-refractivity contribution in [1.82, 2.24) is 5.01 Å². The smallest absolute Gasteiger partial charge is 0.306 e. The second-order valence-corrected chi connectivity index (χ2v) is 8.85. The molecule has 6 rings (SSSR count). The molecule has 154 valence electrons. The van der Waals surface area contributed by atoms with E-state index in [0.29, 0.717) is 17.2 Å². The average Bonchev–Trinajstić information content (AvgIpc) is 3.31. The van der Waals surface area contributed by atoms with E-state index in [1.54, 1.807) is 6.07 Å². The highest BCUT2D eigenvalue weighted by Crippen LogP contribution is 2.54. The zero-order valence-electron chi connectivity index (χ0n) is 17.1. The molecular formula is C25H20ClN3O2. The summed E-state index contributed by atoms with van der Waals surface area (Å²) in [5.41, 5.74) is 5.35. The van der Waals surface area contributed by atoms with Crippen molar-refractivity contribution >= 4 is 28.9 Å². The van der Waals surface area contributed by atoms with Crippen LogP contribution in [0.15, 0.2) is 65.8 Å². The van der Waals surface area contributed by atoms with Crippen molar-refractivity contribution in [3.8, 4) is 5.75 Å². The fourth-order valence-electron chi connectivity index (χ4n) is 4.75. The molecule has 3 aliphatic rings. The van der Waals surface area contributed by atoms with Gasteiger partial charge in [0.2, 0.25) is 0 Å². The van der Waals surface area contributed by atoms with Crippen LogP contribution in [-0.2, 0) is 10.5 Å². The molecule has 0 aliphatic carbocycles. The maximum atomic E-state index is 13.5. The lowest BCUT2D eigenvalue weighted by Crippen LogP contribution is -2.55. The van der Waals surface area contributed by atoms with Crippen molar-refractivity contribution in [2.75, 3.05) is 5.32 Å². The number of amides is 1. The molecule has 0 bridgehead atoms. The third kappa shape index (κ3) is 2.56. The number of anilines is 1. The van der Waals surface area contributed by atoms with Gasteiger partial charge in [-0.1, -0.05) is 53.1 Å². The van der Waals surface area contributed by atoms with Crippen molar-refractivity contribution in [2.45, 2.75) is 32.0 Å². The number of carbonyl (C=O) groups excluding carboxylic acids is 1. The Balaban J connectivity index is 1.58. The van der Waals surface area contributed by atoms with E-state index in [0.717, 1.165) is 33.7 Å². The fourth-order valence-corrected chi connectivity index (χ4v) is 4.93. The van der Waals surface area contributed by atoms with E-state index in [1.165, 1.54) is 5.56 Å². The number of fused-ring (bicyclic) bond motifs is 6. The lowest BCUT2D eigenvalue weighted by atomic mass is 9.92. The third-order valence-electron chi connectivity index (χ3n) is 6.30. The summed E-state index contributed by atoms with van der Waals surface area (Å²) in [6.07, 6.45) is 0.663. The Morgan fingerprint density at radius 1 is 1.06 bits per heavy atom. The van der Waals surface area contributed by atoms with Gasteiger partial charge in [-0.05, 0) is 49.7 Å². The molecule has 2 atom stereocenters. The van der Waals surface area contributed by atoms with Crippen LogP contribution in [0.1, 0.15) is 40.3 Å². The first-order chi connectivity index (χ1) is 15.0. The van der Waals surface area contributed by atoms with Crippen LogP contribution in [0.2, 0.25) is 5.02 Å². The zero-order valence-corrected chi connectivity index (χ0v) is 17.9. The number of benzene rings is 3. The predicted molar refractivity (Wildman–Crippen MR) is 120 cm³/mol.